The highest BCUT2D eigenvalue weighted by atomic mass is 16.5. The van der Waals surface area contributed by atoms with Gasteiger partial charge in [0.15, 0.2) is 0 Å². The predicted octanol–water partition coefficient (Wildman–Crippen LogP) is 3.07. The van der Waals surface area contributed by atoms with Gasteiger partial charge in [0.2, 0.25) is 0 Å². The highest BCUT2D eigenvalue weighted by Crippen LogP contribution is 2.25. The van der Waals surface area contributed by atoms with Crippen LogP contribution in [0.15, 0.2) is 30.4 Å². The lowest BCUT2D eigenvalue weighted by Crippen LogP contribution is -2.10. The lowest BCUT2D eigenvalue weighted by Gasteiger charge is -2.13. The smallest absolute Gasteiger partial charge is 0.0725 e. The Hall–Kier alpha value is -1.12. The molecule has 1 aliphatic heterocycles. The van der Waals surface area contributed by atoms with Crippen molar-refractivity contribution in [3.63, 3.8) is 0 Å². The third kappa shape index (κ3) is 2.52. The molecule has 1 heterocycles. The summed E-state index contributed by atoms with van der Waals surface area (Å²) in [6.07, 6.45) is 1.96. The van der Waals surface area contributed by atoms with E-state index in [0.29, 0.717) is 0 Å². The van der Waals surface area contributed by atoms with Gasteiger partial charge in [-0.2, -0.15) is 0 Å². The Labute approximate surface area is 97.1 Å². The average Bonchev–Trinajstić information content (AvgIpc) is 2.72. The van der Waals surface area contributed by atoms with E-state index in [0.717, 1.165) is 26.1 Å². The van der Waals surface area contributed by atoms with E-state index < -0.39 is 0 Å². The van der Waals surface area contributed by atoms with Gasteiger partial charge < -0.3 is 10.5 Å². The number of hydrogen-bond acceptors (Lipinski definition) is 2. The van der Waals surface area contributed by atoms with Crippen LogP contribution in [0, 0.1) is 0 Å². The van der Waals surface area contributed by atoms with E-state index in [1.54, 1.807) is 0 Å². The third-order valence-corrected chi connectivity index (χ3v) is 3.06. The molecule has 1 aromatic carbocycles. The van der Waals surface area contributed by atoms with E-state index in [9.17, 15) is 0 Å². The van der Waals surface area contributed by atoms with Crippen molar-refractivity contribution in [2.75, 3.05) is 0 Å². The van der Waals surface area contributed by atoms with Crippen LogP contribution in [0.3, 0.4) is 0 Å². The Morgan fingerprint density at radius 2 is 2.19 bits per heavy atom. The second-order valence-corrected chi connectivity index (χ2v) is 4.62. The molecule has 1 unspecified atom stereocenters. The minimum Gasteiger partial charge on any atom is -0.372 e. The van der Waals surface area contributed by atoms with Gasteiger partial charge in [0, 0.05) is 6.04 Å². The van der Waals surface area contributed by atoms with Gasteiger partial charge in [-0.1, -0.05) is 23.8 Å². The molecule has 0 saturated carbocycles. The van der Waals surface area contributed by atoms with Crippen LogP contribution in [0.2, 0.25) is 0 Å². The van der Waals surface area contributed by atoms with Crippen molar-refractivity contribution in [2.45, 2.75) is 39.0 Å². The van der Waals surface area contributed by atoms with E-state index in [-0.39, 0.29) is 6.04 Å². The van der Waals surface area contributed by atoms with Gasteiger partial charge in [-0.15, -0.1) is 6.58 Å². The molecule has 2 nitrogen and oxygen atoms in total. The second-order valence-electron chi connectivity index (χ2n) is 4.62. The summed E-state index contributed by atoms with van der Waals surface area (Å²) in [5.41, 5.74) is 11.2. The molecule has 0 aliphatic carbocycles. The van der Waals surface area contributed by atoms with E-state index in [4.69, 9.17) is 10.5 Å². The molecule has 1 aromatic rings. The summed E-state index contributed by atoms with van der Waals surface area (Å²) < 4.78 is 5.39. The molecule has 0 amide bonds. The van der Waals surface area contributed by atoms with Gasteiger partial charge >= 0.3 is 0 Å². The summed E-state index contributed by atoms with van der Waals surface area (Å²) in [4.78, 5) is 0. The molecular weight excluding hydrogens is 198 g/mol. The van der Waals surface area contributed by atoms with Gasteiger partial charge in [-0.05, 0) is 36.5 Å². The molecule has 0 fully saturated rings. The van der Waals surface area contributed by atoms with E-state index in [1.807, 2.05) is 6.92 Å². The third-order valence-electron chi connectivity index (χ3n) is 3.06. The molecule has 16 heavy (non-hydrogen) atoms. The van der Waals surface area contributed by atoms with Crippen molar-refractivity contribution < 1.29 is 4.74 Å². The normalized spacial score (nSPS) is 15.9. The minimum atomic E-state index is 0.114. The maximum absolute atomic E-state index is 6.16. The summed E-state index contributed by atoms with van der Waals surface area (Å²) in [5.74, 6) is 0. The van der Waals surface area contributed by atoms with Crippen molar-refractivity contribution in [3.05, 3.63) is 47.0 Å². The Morgan fingerprint density at radius 1 is 1.44 bits per heavy atom. The lowest BCUT2D eigenvalue weighted by molar-refractivity contribution is 0.134. The fourth-order valence-electron chi connectivity index (χ4n) is 1.99. The number of ether oxygens (including phenoxy) is 1. The number of rotatable bonds is 4. The quantitative estimate of drug-likeness (QED) is 0.787. The number of fused-ring (bicyclic) bond motifs is 1. The van der Waals surface area contributed by atoms with Crippen LogP contribution in [-0.2, 0) is 18.0 Å². The van der Waals surface area contributed by atoms with Gasteiger partial charge in [-0.25, -0.2) is 0 Å². The molecule has 1 aliphatic rings. The zero-order chi connectivity index (χ0) is 11.5. The van der Waals surface area contributed by atoms with Crippen LogP contribution >= 0.6 is 0 Å². The van der Waals surface area contributed by atoms with Crippen LogP contribution in [0.4, 0.5) is 0 Å². The Bertz CT molecular complexity index is 398. The van der Waals surface area contributed by atoms with Crippen LogP contribution in [0.25, 0.3) is 0 Å². The van der Waals surface area contributed by atoms with E-state index >= 15 is 0 Å². The number of benzene rings is 1. The first kappa shape index (κ1) is 11.4. The van der Waals surface area contributed by atoms with Gasteiger partial charge in [0.1, 0.15) is 0 Å². The molecular formula is C14H19NO. The molecule has 0 saturated heterocycles. The molecule has 0 spiro atoms. The maximum Gasteiger partial charge on any atom is 0.0725 e. The Kier molecular flexibility index (Phi) is 3.42. The van der Waals surface area contributed by atoms with Crippen LogP contribution in [0.1, 0.15) is 42.5 Å². The van der Waals surface area contributed by atoms with Gasteiger partial charge in [0.05, 0.1) is 13.2 Å². The fraction of sp³-hybridized carbons (Fsp3) is 0.429. The zero-order valence-electron chi connectivity index (χ0n) is 9.83. The fourth-order valence-corrected chi connectivity index (χ4v) is 1.99. The molecule has 0 radical (unpaired) electrons. The lowest BCUT2D eigenvalue weighted by atomic mass is 9.97. The van der Waals surface area contributed by atoms with Crippen molar-refractivity contribution in [2.24, 2.45) is 5.73 Å². The molecule has 0 aromatic heterocycles. The highest BCUT2D eigenvalue weighted by molar-refractivity contribution is 5.34. The first-order chi connectivity index (χ1) is 7.66. The summed E-state index contributed by atoms with van der Waals surface area (Å²) in [5, 5.41) is 0. The minimum absolute atomic E-state index is 0.114. The summed E-state index contributed by atoms with van der Waals surface area (Å²) in [6, 6.07) is 6.56. The Balaban J connectivity index is 2.06. The summed E-state index contributed by atoms with van der Waals surface area (Å²) in [7, 11) is 0. The first-order valence-corrected chi connectivity index (χ1v) is 5.76. The number of hydrogen-bond donors (Lipinski definition) is 1. The topological polar surface area (TPSA) is 35.2 Å². The monoisotopic (exact) mass is 217 g/mol. The van der Waals surface area contributed by atoms with E-state index in [2.05, 4.69) is 24.8 Å². The van der Waals surface area contributed by atoms with Crippen molar-refractivity contribution in [3.8, 4) is 0 Å². The van der Waals surface area contributed by atoms with Crippen LogP contribution in [-0.4, -0.2) is 0 Å². The first-order valence-electron chi connectivity index (χ1n) is 5.76. The molecule has 0 bridgehead atoms. The zero-order valence-corrected chi connectivity index (χ0v) is 9.83. The molecule has 86 valence electrons. The Morgan fingerprint density at radius 3 is 2.94 bits per heavy atom. The van der Waals surface area contributed by atoms with Crippen molar-refractivity contribution >= 4 is 0 Å². The maximum atomic E-state index is 6.16. The molecule has 1 atom stereocenters. The molecule has 2 heteroatoms. The van der Waals surface area contributed by atoms with Gasteiger partial charge in [-0.3, -0.25) is 0 Å². The summed E-state index contributed by atoms with van der Waals surface area (Å²) in [6.45, 7) is 7.43. The van der Waals surface area contributed by atoms with E-state index in [1.165, 1.54) is 22.3 Å². The number of allylic oxidation sites excluding steroid dienone is 1. The second kappa shape index (κ2) is 4.81. The average molecular weight is 217 g/mol. The van der Waals surface area contributed by atoms with Crippen molar-refractivity contribution in [1.82, 2.24) is 0 Å². The molecule has 2 N–H and O–H groups in total. The largest absolute Gasteiger partial charge is 0.372 e. The predicted molar refractivity (Wildman–Crippen MR) is 65.9 cm³/mol. The van der Waals surface area contributed by atoms with Crippen LogP contribution in [0.5, 0.6) is 0 Å². The summed E-state index contributed by atoms with van der Waals surface area (Å²) >= 11 is 0. The highest BCUT2D eigenvalue weighted by Gasteiger charge is 2.13. The number of nitrogens with two attached hydrogens (primary N) is 1. The van der Waals surface area contributed by atoms with Crippen molar-refractivity contribution in [1.29, 1.82) is 0 Å². The standard InChI is InChI=1S/C14H19NO/c1-10(2)3-6-14(15)11-4-5-12-8-16-9-13(12)7-11/h4-5,7,14H,1,3,6,8-9,15H2,2H3. The SMILES string of the molecule is C=C(C)CCC(N)c1ccc2c(c1)COC2. The van der Waals surface area contributed by atoms with Gasteiger partial charge in [0.25, 0.3) is 0 Å². The van der Waals surface area contributed by atoms with Crippen LogP contribution < -0.4 is 5.73 Å². The molecule has 2 rings (SSSR count).